The Kier molecular flexibility index (Phi) is 37.5. The number of rotatable bonds is 39. The van der Waals surface area contributed by atoms with Crippen LogP contribution in [-0.4, -0.2) is 23.1 Å². The second-order valence-corrected chi connectivity index (χ2v) is 14.5. The Labute approximate surface area is 288 Å². The van der Waals surface area contributed by atoms with Gasteiger partial charge in [0.15, 0.2) is 0 Å². The first kappa shape index (κ1) is 44.9. The first-order valence-corrected chi connectivity index (χ1v) is 21.0. The molecule has 0 aromatic rings. The summed E-state index contributed by atoms with van der Waals surface area (Å²) in [4.78, 5) is 23.6. The van der Waals surface area contributed by atoms with Crippen molar-refractivity contribution in [2.45, 2.75) is 258 Å². The lowest BCUT2D eigenvalue weighted by atomic mass is 10.0. The highest BCUT2D eigenvalue weighted by atomic mass is 16.5. The van der Waals surface area contributed by atoms with Crippen LogP contribution in [0.4, 0.5) is 0 Å². The molecule has 1 unspecified atom stereocenters. The van der Waals surface area contributed by atoms with Gasteiger partial charge in [-0.05, 0) is 25.7 Å². The highest BCUT2D eigenvalue weighted by Crippen LogP contribution is 2.18. The summed E-state index contributed by atoms with van der Waals surface area (Å²) in [6.45, 7) is 4.56. The number of hydrogen-bond donors (Lipinski definition) is 1. The molecule has 4 heteroatoms. The molecule has 0 aromatic carbocycles. The van der Waals surface area contributed by atoms with Gasteiger partial charge in [-0.3, -0.25) is 9.59 Å². The number of aliphatic carboxylic acids is 1. The van der Waals surface area contributed by atoms with E-state index in [1.54, 1.807) is 0 Å². The van der Waals surface area contributed by atoms with Gasteiger partial charge in [-0.25, -0.2) is 0 Å². The standard InChI is InChI=1S/C42H82O4/c1-3-5-7-9-11-13-15-17-19-21-23-25-27-29-31-33-35-37-42(45)46-40(38-39-41(43)44)36-34-32-30-28-26-24-22-20-18-16-14-12-10-8-6-4-2/h40H,3-39H2,1-2H3,(H,43,44). The molecule has 0 saturated carbocycles. The molecule has 46 heavy (non-hydrogen) atoms. The summed E-state index contributed by atoms with van der Waals surface area (Å²) in [7, 11) is 0. The molecule has 0 aromatic heterocycles. The average molecular weight is 651 g/mol. The summed E-state index contributed by atoms with van der Waals surface area (Å²) >= 11 is 0. The molecule has 0 saturated heterocycles. The molecular formula is C42H82O4. The molecule has 0 aliphatic carbocycles. The maximum Gasteiger partial charge on any atom is 0.306 e. The third kappa shape index (κ3) is 37.4. The third-order valence-electron chi connectivity index (χ3n) is 9.84. The van der Waals surface area contributed by atoms with E-state index in [0.29, 0.717) is 12.8 Å². The molecule has 0 rings (SSSR count). The lowest BCUT2D eigenvalue weighted by Gasteiger charge is -2.17. The SMILES string of the molecule is CCCCCCCCCCCCCCCCCCCC(=O)OC(CCCCCCCCCCCCCCCCCC)CCC(=O)O. The van der Waals surface area contributed by atoms with E-state index >= 15 is 0 Å². The molecule has 4 nitrogen and oxygen atoms in total. The molecule has 0 bridgehead atoms. The van der Waals surface area contributed by atoms with Crippen LogP contribution in [0.5, 0.6) is 0 Å². The average Bonchev–Trinajstić information content (AvgIpc) is 3.04. The predicted octanol–water partition coefficient (Wildman–Crippen LogP) is 14.5. The van der Waals surface area contributed by atoms with Crippen molar-refractivity contribution in [1.82, 2.24) is 0 Å². The molecule has 274 valence electrons. The van der Waals surface area contributed by atoms with Gasteiger partial charge in [0.25, 0.3) is 0 Å². The minimum absolute atomic E-state index is 0.0793. The van der Waals surface area contributed by atoms with Crippen LogP contribution in [-0.2, 0) is 14.3 Å². The van der Waals surface area contributed by atoms with Crippen molar-refractivity contribution in [2.75, 3.05) is 0 Å². The summed E-state index contributed by atoms with van der Waals surface area (Å²) in [5, 5.41) is 9.13. The van der Waals surface area contributed by atoms with Crippen LogP contribution < -0.4 is 0 Å². The summed E-state index contributed by atoms with van der Waals surface area (Å²) < 4.78 is 5.75. The van der Waals surface area contributed by atoms with E-state index in [9.17, 15) is 9.59 Å². The lowest BCUT2D eigenvalue weighted by Crippen LogP contribution is -2.19. The quantitative estimate of drug-likeness (QED) is 0.0531. The van der Waals surface area contributed by atoms with Crippen molar-refractivity contribution in [3.63, 3.8) is 0 Å². The Morgan fingerprint density at radius 1 is 0.391 bits per heavy atom. The molecule has 0 heterocycles. The van der Waals surface area contributed by atoms with Gasteiger partial charge < -0.3 is 9.84 Å². The smallest absolute Gasteiger partial charge is 0.306 e. The number of esters is 1. The van der Waals surface area contributed by atoms with Crippen molar-refractivity contribution in [2.24, 2.45) is 0 Å². The number of unbranched alkanes of at least 4 members (excludes halogenated alkanes) is 31. The van der Waals surface area contributed by atoms with E-state index in [-0.39, 0.29) is 18.5 Å². The highest BCUT2D eigenvalue weighted by Gasteiger charge is 2.16. The topological polar surface area (TPSA) is 63.6 Å². The van der Waals surface area contributed by atoms with Gasteiger partial charge in [0, 0.05) is 12.8 Å². The van der Waals surface area contributed by atoms with Crippen LogP contribution in [0.3, 0.4) is 0 Å². The molecule has 0 aliphatic heterocycles. The normalized spacial score (nSPS) is 12.0. The first-order valence-electron chi connectivity index (χ1n) is 21.0. The Hall–Kier alpha value is -1.06. The number of carbonyl (C=O) groups excluding carboxylic acids is 1. The van der Waals surface area contributed by atoms with Crippen molar-refractivity contribution in [1.29, 1.82) is 0 Å². The largest absolute Gasteiger partial charge is 0.481 e. The van der Waals surface area contributed by atoms with Crippen molar-refractivity contribution in [3.05, 3.63) is 0 Å². The number of hydrogen-bond acceptors (Lipinski definition) is 3. The number of carboxylic acids is 1. The van der Waals surface area contributed by atoms with Crippen LogP contribution in [0.25, 0.3) is 0 Å². The van der Waals surface area contributed by atoms with Crippen molar-refractivity contribution < 1.29 is 19.4 Å². The maximum atomic E-state index is 12.5. The third-order valence-corrected chi connectivity index (χ3v) is 9.84. The monoisotopic (exact) mass is 651 g/mol. The van der Waals surface area contributed by atoms with Gasteiger partial charge in [-0.15, -0.1) is 0 Å². The van der Waals surface area contributed by atoms with Gasteiger partial charge in [0.1, 0.15) is 6.10 Å². The van der Waals surface area contributed by atoms with Crippen molar-refractivity contribution >= 4 is 11.9 Å². The molecule has 0 aliphatic rings. The molecular weight excluding hydrogens is 568 g/mol. The van der Waals surface area contributed by atoms with Gasteiger partial charge in [0.2, 0.25) is 0 Å². The molecule has 0 spiro atoms. The predicted molar refractivity (Wildman–Crippen MR) is 200 cm³/mol. The van der Waals surface area contributed by atoms with Gasteiger partial charge in [0.05, 0.1) is 0 Å². The van der Waals surface area contributed by atoms with Crippen molar-refractivity contribution in [3.8, 4) is 0 Å². The first-order chi connectivity index (χ1) is 22.6. The summed E-state index contributed by atoms with van der Waals surface area (Å²) in [5.41, 5.74) is 0. The zero-order valence-electron chi connectivity index (χ0n) is 31.4. The van der Waals surface area contributed by atoms with Crippen LogP contribution in [0.15, 0.2) is 0 Å². The van der Waals surface area contributed by atoms with Crippen LogP contribution in [0.2, 0.25) is 0 Å². The highest BCUT2D eigenvalue weighted by molar-refractivity contribution is 5.69. The lowest BCUT2D eigenvalue weighted by molar-refractivity contribution is -0.151. The fourth-order valence-electron chi connectivity index (χ4n) is 6.71. The van der Waals surface area contributed by atoms with E-state index in [2.05, 4.69) is 13.8 Å². The number of ether oxygens (including phenoxy) is 1. The van der Waals surface area contributed by atoms with E-state index in [1.165, 1.54) is 186 Å². The van der Waals surface area contributed by atoms with E-state index in [4.69, 9.17) is 9.84 Å². The second kappa shape index (κ2) is 38.4. The fraction of sp³-hybridized carbons (Fsp3) is 0.952. The van der Waals surface area contributed by atoms with Crippen LogP contribution in [0.1, 0.15) is 251 Å². The van der Waals surface area contributed by atoms with E-state index < -0.39 is 5.97 Å². The Morgan fingerprint density at radius 2 is 0.674 bits per heavy atom. The molecule has 1 atom stereocenters. The number of carbonyl (C=O) groups is 2. The van der Waals surface area contributed by atoms with Gasteiger partial charge in [-0.1, -0.05) is 213 Å². The Morgan fingerprint density at radius 3 is 0.978 bits per heavy atom. The molecule has 0 radical (unpaired) electrons. The van der Waals surface area contributed by atoms with Crippen LogP contribution >= 0.6 is 0 Å². The van der Waals surface area contributed by atoms with E-state index in [0.717, 1.165) is 32.1 Å². The summed E-state index contributed by atoms with van der Waals surface area (Å²) in [5.74, 6) is -0.936. The maximum absolute atomic E-state index is 12.5. The Balaban J connectivity index is 3.65. The zero-order chi connectivity index (χ0) is 33.6. The molecule has 0 fully saturated rings. The summed E-state index contributed by atoms with van der Waals surface area (Å²) in [6, 6.07) is 0. The Bertz CT molecular complexity index is 619. The minimum Gasteiger partial charge on any atom is -0.481 e. The number of carboxylic acid groups (broad SMARTS) is 1. The molecule has 1 N–H and O–H groups in total. The molecule has 0 amide bonds. The zero-order valence-corrected chi connectivity index (χ0v) is 31.4. The van der Waals surface area contributed by atoms with Gasteiger partial charge >= 0.3 is 11.9 Å². The minimum atomic E-state index is -0.804. The van der Waals surface area contributed by atoms with Gasteiger partial charge in [-0.2, -0.15) is 0 Å². The second-order valence-electron chi connectivity index (χ2n) is 14.5. The van der Waals surface area contributed by atoms with E-state index in [1.807, 2.05) is 0 Å². The fourth-order valence-corrected chi connectivity index (χ4v) is 6.71. The summed E-state index contributed by atoms with van der Waals surface area (Å²) in [6.07, 6.45) is 45.6. The van der Waals surface area contributed by atoms with Crippen LogP contribution in [0, 0.1) is 0 Å².